The first-order valence-corrected chi connectivity index (χ1v) is 7.46. The van der Waals surface area contributed by atoms with E-state index in [1.165, 1.54) is 11.1 Å². The molecule has 2 rings (SSSR count). The van der Waals surface area contributed by atoms with Gasteiger partial charge in [-0.2, -0.15) is 0 Å². The number of nitrogens with zero attached hydrogens (tertiary/aromatic N) is 1. The molecule has 22 heavy (non-hydrogen) atoms. The van der Waals surface area contributed by atoms with Crippen molar-refractivity contribution in [1.29, 1.82) is 0 Å². The molecule has 0 bridgehead atoms. The van der Waals surface area contributed by atoms with Gasteiger partial charge in [-0.3, -0.25) is 4.99 Å². The highest BCUT2D eigenvalue weighted by Gasteiger charge is 1.99. The minimum Gasteiger partial charge on any atom is -0.489 e. The van der Waals surface area contributed by atoms with Crippen molar-refractivity contribution in [3.05, 3.63) is 65.7 Å². The molecule has 0 aliphatic heterocycles. The molecule has 2 aromatic carbocycles. The van der Waals surface area contributed by atoms with E-state index in [1.54, 1.807) is 7.05 Å². The van der Waals surface area contributed by atoms with Crippen LogP contribution in [0.2, 0.25) is 0 Å². The lowest BCUT2D eigenvalue weighted by Crippen LogP contribution is -2.35. The van der Waals surface area contributed by atoms with Crippen LogP contribution in [0.3, 0.4) is 0 Å². The second-order valence-electron chi connectivity index (χ2n) is 4.92. The summed E-state index contributed by atoms with van der Waals surface area (Å²) in [6.45, 7) is 1.42. The van der Waals surface area contributed by atoms with Gasteiger partial charge < -0.3 is 15.4 Å². The van der Waals surface area contributed by atoms with Gasteiger partial charge >= 0.3 is 0 Å². The summed E-state index contributed by atoms with van der Waals surface area (Å²) in [6, 6.07) is 18.4. The van der Waals surface area contributed by atoms with Gasteiger partial charge in [0.1, 0.15) is 12.4 Å². The van der Waals surface area contributed by atoms with Crippen molar-refractivity contribution in [3.8, 4) is 5.75 Å². The molecule has 2 N–H and O–H groups in total. The van der Waals surface area contributed by atoms with Gasteiger partial charge in [-0.05, 0) is 29.7 Å². The summed E-state index contributed by atoms with van der Waals surface area (Å²) >= 11 is 0. The Morgan fingerprint density at radius 3 is 2.55 bits per heavy atom. The number of rotatable bonds is 6. The lowest BCUT2D eigenvalue weighted by atomic mass is 10.1. The number of nitrogens with one attached hydrogen (secondary N) is 2. The first-order chi connectivity index (χ1) is 10.8. The van der Waals surface area contributed by atoms with Crippen LogP contribution in [0.1, 0.15) is 11.1 Å². The molecule has 0 spiro atoms. The third kappa shape index (κ3) is 5.13. The minimum absolute atomic E-state index is 0.592. The standard InChI is InChI=1S/C18H23N3O/c1-19-18(20-2)21-12-11-15-9-6-10-17(13-15)22-14-16-7-4-3-5-8-16/h3-10,13H,11-12,14H2,1-2H3,(H2,19,20,21). The number of hydrogen-bond donors (Lipinski definition) is 2. The zero-order valence-corrected chi connectivity index (χ0v) is 13.2. The Balaban J connectivity index is 1.84. The fraction of sp³-hybridized carbons (Fsp3) is 0.278. The van der Waals surface area contributed by atoms with Gasteiger partial charge in [0.15, 0.2) is 5.96 Å². The van der Waals surface area contributed by atoms with Gasteiger partial charge in [0.25, 0.3) is 0 Å². The van der Waals surface area contributed by atoms with Crippen LogP contribution in [0.25, 0.3) is 0 Å². The van der Waals surface area contributed by atoms with E-state index < -0.39 is 0 Å². The topological polar surface area (TPSA) is 45.7 Å². The molecule has 0 saturated carbocycles. The Bertz CT molecular complexity index is 596. The number of hydrogen-bond acceptors (Lipinski definition) is 2. The van der Waals surface area contributed by atoms with Gasteiger partial charge in [-0.1, -0.05) is 42.5 Å². The molecule has 4 heteroatoms. The Hall–Kier alpha value is -2.49. The van der Waals surface area contributed by atoms with E-state index >= 15 is 0 Å². The number of guanidine groups is 1. The van der Waals surface area contributed by atoms with E-state index in [-0.39, 0.29) is 0 Å². The van der Waals surface area contributed by atoms with Crippen LogP contribution in [0.4, 0.5) is 0 Å². The summed E-state index contributed by atoms with van der Waals surface area (Å²) in [6.07, 6.45) is 0.920. The van der Waals surface area contributed by atoms with Crippen LogP contribution < -0.4 is 15.4 Å². The van der Waals surface area contributed by atoms with Crippen molar-refractivity contribution in [3.63, 3.8) is 0 Å². The van der Waals surface area contributed by atoms with Crippen molar-refractivity contribution in [2.75, 3.05) is 20.6 Å². The monoisotopic (exact) mass is 297 g/mol. The van der Waals surface area contributed by atoms with E-state index in [0.29, 0.717) is 6.61 Å². The third-order valence-electron chi connectivity index (χ3n) is 3.31. The Morgan fingerprint density at radius 1 is 1.05 bits per heavy atom. The van der Waals surface area contributed by atoms with Crippen LogP contribution in [-0.2, 0) is 13.0 Å². The third-order valence-corrected chi connectivity index (χ3v) is 3.31. The second kappa shape index (κ2) is 8.72. The maximum absolute atomic E-state index is 5.85. The SMILES string of the molecule is CN=C(NC)NCCc1cccc(OCc2ccccc2)c1. The van der Waals surface area contributed by atoms with Crippen molar-refractivity contribution >= 4 is 5.96 Å². The van der Waals surface area contributed by atoms with Crippen molar-refractivity contribution < 1.29 is 4.74 Å². The first kappa shape index (κ1) is 15.9. The van der Waals surface area contributed by atoms with E-state index in [9.17, 15) is 0 Å². The fourth-order valence-corrected chi connectivity index (χ4v) is 2.14. The van der Waals surface area contributed by atoms with Crippen molar-refractivity contribution in [2.45, 2.75) is 13.0 Å². The Labute approximate surface area is 132 Å². The van der Waals surface area contributed by atoms with E-state index in [0.717, 1.165) is 24.7 Å². The Kier molecular flexibility index (Phi) is 6.30. The molecule has 0 aromatic heterocycles. The average Bonchev–Trinajstić information content (AvgIpc) is 2.58. The van der Waals surface area contributed by atoms with Gasteiger partial charge in [-0.25, -0.2) is 0 Å². The zero-order chi connectivity index (χ0) is 15.6. The molecule has 4 nitrogen and oxygen atoms in total. The molecule has 2 aromatic rings. The summed E-state index contributed by atoms with van der Waals surface area (Å²) in [4.78, 5) is 4.09. The van der Waals surface area contributed by atoms with Crippen LogP contribution in [0.5, 0.6) is 5.75 Å². The molecule has 0 fully saturated rings. The summed E-state index contributed by atoms with van der Waals surface area (Å²) in [5.74, 6) is 1.70. The molecule has 0 radical (unpaired) electrons. The van der Waals surface area contributed by atoms with E-state index in [1.807, 2.05) is 37.4 Å². The Morgan fingerprint density at radius 2 is 1.82 bits per heavy atom. The van der Waals surface area contributed by atoms with Gasteiger partial charge in [0.2, 0.25) is 0 Å². The predicted molar refractivity (Wildman–Crippen MR) is 91.3 cm³/mol. The van der Waals surface area contributed by atoms with Gasteiger partial charge in [0, 0.05) is 20.6 Å². The van der Waals surface area contributed by atoms with Crippen LogP contribution >= 0.6 is 0 Å². The van der Waals surface area contributed by atoms with E-state index in [4.69, 9.17) is 4.74 Å². The number of benzene rings is 2. The fourth-order valence-electron chi connectivity index (χ4n) is 2.14. The molecule has 0 heterocycles. The molecule has 0 unspecified atom stereocenters. The highest BCUT2D eigenvalue weighted by Crippen LogP contribution is 2.15. The quantitative estimate of drug-likeness (QED) is 0.636. The molecule has 0 amide bonds. The molecule has 0 atom stereocenters. The van der Waals surface area contributed by atoms with Gasteiger partial charge in [0.05, 0.1) is 0 Å². The van der Waals surface area contributed by atoms with Crippen LogP contribution in [-0.4, -0.2) is 26.6 Å². The smallest absolute Gasteiger partial charge is 0.190 e. The first-order valence-electron chi connectivity index (χ1n) is 7.46. The highest BCUT2D eigenvalue weighted by molar-refractivity contribution is 5.79. The largest absolute Gasteiger partial charge is 0.489 e. The molecule has 0 saturated heterocycles. The summed E-state index contributed by atoms with van der Waals surface area (Å²) < 4.78 is 5.85. The summed E-state index contributed by atoms with van der Waals surface area (Å²) in [5.41, 5.74) is 2.41. The molecule has 116 valence electrons. The maximum Gasteiger partial charge on any atom is 0.190 e. The van der Waals surface area contributed by atoms with Gasteiger partial charge in [-0.15, -0.1) is 0 Å². The predicted octanol–water partition coefficient (Wildman–Crippen LogP) is 2.60. The average molecular weight is 297 g/mol. The molecule has 0 aliphatic carbocycles. The van der Waals surface area contributed by atoms with Crippen molar-refractivity contribution in [2.24, 2.45) is 4.99 Å². The van der Waals surface area contributed by atoms with Crippen LogP contribution in [0.15, 0.2) is 59.6 Å². The summed E-state index contributed by atoms with van der Waals surface area (Å²) in [5, 5.41) is 6.24. The minimum atomic E-state index is 0.592. The second-order valence-corrected chi connectivity index (χ2v) is 4.92. The van der Waals surface area contributed by atoms with E-state index in [2.05, 4.69) is 39.9 Å². The molecular formula is C18H23N3O. The lowest BCUT2D eigenvalue weighted by molar-refractivity contribution is 0.306. The zero-order valence-electron chi connectivity index (χ0n) is 13.2. The molecule has 0 aliphatic rings. The van der Waals surface area contributed by atoms with Crippen molar-refractivity contribution in [1.82, 2.24) is 10.6 Å². The number of ether oxygens (including phenoxy) is 1. The normalized spacial score (nSPS) is 11.1. The van der Waals surface area contributed by atoms with Crippen LogP contribution in [0, 0.1) is 0 Å². The maximum atomic E-state index is 5.85. The summed E-state index contributed by atoms with van der Waals surface area (Å²) in [7, 11) is 3.62. The lowest BCUT2D eigenvalue weighted by Gasteiger charge is -2.10. The number of aliphatic imine (C=N–C) groups is 1. The highest BCUT2D eigenvalue weighted by atomic mass is 16.5. The molecular weight excluding hydrogens is 274 g/mol.